The molecule has 3 aromatic heterocycles. The lowest BCUT2D eigenvalue weighted by atomic mass is 10.1. The molecule has 1 aliphatic heterocycles. The summed E-state index contributed by atoms with van der Waals surface area (Å²) in [5.74, 6) is 0.591. The number of nitrogens with zero attached hydrogens (tertiary/aromatic N) is 5. The molecule has 4 rings (SSSR count). The zero-order valence-corrected chi connectivity index (χ0v) is 15.4. The van der Waals surface area contributed by atoms with Crippen LogP contribution in [0.1, 0.15) is 29.7 Å². The molecule has 3 aromatic rings. The molecule has 24 heavy (non-hydrogen) atoms. The van der Waals surface area contributed by atoms with E-state index in [2.05, 4.69) is 29.0 Å². The second-order valence-corrected chi connectivity index (χ2v) is 8.26. The van der Waals surface area contributed by atoms with Crippen molar-refractivity contribution in [3.63, 3.8) is 0 Å². The van der Waals surface area contributed by atoms with Crippen molar-refractivity contribution in [3.8, 4) is 0 Å². The van der Waals surface area contributed by atoms with Gasteiger partial charge in [-0.05, 0) is 38.7 Å². The summed E-state index contributed by atoms with van der Waals surface area (Å²) in [7, 11) is 0. The molecule has 0 atom stereocenters. The molecule has 1 amide bonds. The summed E-state index contributed by atoms with van der Waals surface area (Å²) in [6, 6.07) is 0. The molecule has 0 saturated carbocycles. The maximum absolute atomic E-state index is 12.3. The number of hydrogen-bond donors (Lipinski definition) is 0. The third kappa shape index (κ3) is 2.67. The van der Waals surface area contributed by atoms with Crippen LogP contribution >= 0.6 is 23.1 Å². The van der Waals surface area contributed by atoms with Gasteiger partial charge in [-0.3, -0.25) is 9.20 Å². The molecule has 126 valence electrons. The Hall–Kier alpha value is -1.67. The van der Waals surface area contributed by atoms with Crippen molar-refractivity contribution in [1.82, 2.24) is 24.5 Å². The number of hydrogen-bond acceptors (Lipinski definition) is 6. The maximum Gasteiger partial charge on any atom is 0.233 e. The molecule has 0 spiro atoms. The van der Waals surface area contributed by atoms with Crippen LogP contribution in [0.25, 0.3) is 15.9 Å². The average molecular weight is 361 g/mol. The van der Waals surface area contributed by atoms with E-state index in [9.17, 15) is 4.79 Å². The molecular weight excluding hydrogens is 342 g/mol. The number of carbonyl (C=O) groups is 1. The molecule has 1 fully saturated rings. The van der Waals surface area contributed by atoms with Crippen molar-refractivity contribution >= 4 is 44.9 Å². The van der Waals surface area contributed by atoms with Gasteiger partial charge in [0.2, 0.25) is 5.91 Å². The smallest absolute Gasteiger partial charge is 0.233 e. The quantitative estimate of drug-likeness (QED) is 0.671. The van der Waals surface area contributed by atoms with Crippen LogP contribution in [0.15, 0.2) is 11.5 Å². The predicted octanol–water partition coefficient (Wildman–Crippen LogP) is 3.06. The number of piperidine rings is 1. The van der Waals surface area contributed by atoms with E-state index in [0.717, 1.165) is 47.0 Å². The van der Waals surface area contributed by atoms with Crippen LogP contribution in [0.3, 0.4) is 0 Å². The molecule has 1 saturated heterocycles. The summed E-state index contributed by atoms with van der Waals surface area (Å²) in [5.41, 5.74) is 2.04. The number of carbonyl (C=O) groups excluding carboxylic acids is 1. The van der Waals surface area contributed by atoms with E-state index >= 15 is 0 Å². The summed E-state index contributed by atoms with van der Waals surface area (Å²) in [4.78, 5) is 21.1. The number of thiophene rings is 1. The molecule has 1 aliphatic rings. The monoisotopic (exact) mass is 361 g/mol. The Morgan fingerprint density at radius 3 is 2.83 bits per heavy atom. The average Bonchev–Trinajstić information content (AvgIpc) is 3.14. The fourth-order valence-electron chi connectivity index (χ4n) is 3.08. The van der Waals surface area contributed by atoms with Crippen LogP contribution in [0, 0.1) is 13.8 Å². The number of amides is 1. The van der Waals surface area contributed by atoms with Gasteiger partial charge in [-0.1, -0.05) is 11.8 Å². The first-order valence-electron chi connectivity index (χ1n) is 8.15. The molecule has 0 radical (unpaired) electrons. The van der Waals surface area contributed by atoms with Gasteiger partial charge in [0.05, 0.1) is 11.1 Å². The Morgan fingerprint density at radius 1 is 1.25 bits per heavy atom. The zero-order chi connectivity index (χ0) is 16.7. The highest BCUT2D eigenvalue weighted by Gasteiger charge is 2.19. The van der Waals surface area contributed by atoms with Crippen molar-refractivity contribution in [1.29, 1.82) is 0 Å². The normalized spacial score (nSPS) is 15.5. The van der Waals surface area contributed by atoms with Gasteiger partial charge in [0.15, 0.2) is 10.8 Å². The lowest BCUT2D eigenvalue weighted by molar-refractivity contribution is -0.129. The molecular formula is C16H19N5OS2. The minimum absolute atomic E-state index is 0.188. The highest BCUT2D eigenvalue weighted by Crippen LogP contribution is 2.32. The van der Waals surface area contributed by atoms with Crippen molar-refractivity contribution in [2.75, 3.05) is 18.8 Å². The third-order valence-electron chi connectivity index (χ3n) is 4.58. The molecule has 4 heterocycles. The standard InChI is InChI=1S/C16H19N5OS2/c1-10-11(2)24-15-13(10)14-18-19-16(21(14)9-17-15)23-8-12(22)20-6-4-3-5-7-20/h9H,3-8H2,1-2H3. The lowest BCUT2D eigenvalue weighted by Gasteiger charge is -2.26. The van der Waals surface area contributed by atoms with Gasteiger partial charge in [-0.15, -0.1) is 21.5 Å². The molecule has 0 aromatic carbocycles. The van der Waals surface area contributed by atoms with Crippen LogP contribution in [0.4, 0.5) is 0 Å². The Morgan fingerprint density at radius 2 is 2.04 bits per heavy atom. The van der Waals surface area contributed by atoms with E-state index < -0.39 is 0 Å². The zero-order valence-electron chi connectivity index (χ0n) is 13.8. The summed E-state index contributed by atoms with van der Waals surface area (Å²) in [5, 5.41) is 10.4. The van der Waals surface area contributed by atoms with Crippen molar-refractivity contribution in [2.24, 2.45) is 0 Å². The number of thioether (sulfide) groups is 1. The number of fused-ring (bicyclic) bond motifs is 3. The lowest BCUT2D eigenvalue weighted by Crippen LogP contribution is -2.36. The second kappa shape index (κ2) is 6.33. The van der Waals surface area contributed by atoms with Gasteiger partial charge >= 0.3 is 0 Å². The third-order valence-corrected chi connectivity index (χ3v) is 6.62. The number of aromatic nitrogens is 4. The first-order valence-corrected chi connectivity index (χ1v) is 9.95. The van der Waals surface area contributed by atoms with E-state index in [0.29, 0.717) is 5.75 Å². The Kier molecular flexibility index (Phi) is 4.17. The Bertz CT molecular complexity index is 910. The minimum atomic E-state index is 0.188. The van der Waals surface area contributed by atoms with E-state index in [4.69, 9.17) is 0 Å². The van der Waals surface area contributed by atoms with Crippen LogP contribution in [-0.4, -0.2) is 49.2 Å². The topological polar surface area (TPSA) is 63.4 Å². The van der Waals surface area contributed by atoms with Gasteiger partial charge in [0.1, 0.15) is 11.2 Å². The molecule has 0 N–H and O–H groups in total. The second-order valence-electron chi connectivity index (χ2n) is 6.11. The first-order chi connectivity index (χ1) is 11.6. The largest absolute Gasteiger partial charge is 0.342 e. The minimum Gasteiger partial charge on any atom is -0.342 e. The molecule has 0 aliphatic carbocycles. The summed E-state index contributed by atoms with van der Waals surface area (Å²) < 4.78 is 1.90. The van der Waals surface area contributed by atoms with Crippen molar-refractivity contribution < 1.29 is 4.79 Å². The van der Waals surface area contributed by atoms with Crippen molar-refractivity contribution in [3.05, 3.63) is 16.8 Å². The molecule has 0 bridgehead atoms. The fourth-order valence-corrected chi connectivity index (χ4v) is 4.88. The van der Waals surface area contributed by atoms with Crippen molar-refractivity contribution in [2.45, 2.75) is 38.3 Å². The van der Waals surface area contributed by atoms with Crippen LogP contribution in [0.2, 0.25) is 0 Å². The van der Waals surface area contributed by atoms with E-state index in [1.807, 2.05) is 9.30 Å². The van der Waals surface area contributed by atoms with Crippen LogP contribution in [-0.2, 0) is 4.79 Å². The van der Waals surface area contributed by atoms with Gasteiger partial charge in [-0.25, -0.2) is 4.98 Å². The predicted molar refractivity (Wildman–Crippen MR) is 96.8 cm³/mol. The molecule has 6 nitrogen and oxygen atoms in total. The molecule has 0 unspecified atom stereocenters. The maximum atomic E-state index is 12.3. The van der Waals surface area contributed by atoms with Gasteiger partial charge < -0.3 is 4.90 Å². The summed E-state index contributed by atoms with van der Waals surface area (Å²) in [6.45, 7) is 5.96. The number of aryl methyl sites for hydroxylation is 2. The summed E-state index contributed by atoms with van der Waals surface area (Å²) in [6.07, 6.45) is 5.22. The van der Waals surface area contributed by atoms with Crippen LogP contribution < -0.4 is 0 Å². The SMILES string of the molecule is Cc1sc2ncn3c(SCC(=O)N4CCCCC4)nnc3c2c1C. The van der Waals surface area contributed by atoms with Crippen LogP contribution in [0.5, 0.6) is 0 Å². The van der Waals surface area contributed by atoms with Gasteiger partial charge in [-0.2, -0.15) is 0 Å². The molecule has 8 heteroatoms. The summed E-state index contributed by atoms with van der Waals surface area (Å²) >= 11 is 3.12. The fraction of sp³-hybridized carbons (Fsp3) is 0.500. The number of rotatable bonds is 3. The van der Waals surface area contributed by atoms with Gasteiger partial charge in [0, 0.05) is 18.0 Å². The highest BCUT2D eigenvalue weighted by atomic mass is 32.2. The highest BCUT2D eigenvalue weighted by molar-refractivity contribution is 7.99. The number of likely N-dealkylation sites (tertiary alicyclic amines) is 1. The Labute approximate surface area is 148 Å². The first kappa shape index (κ1) is 15.8. The van der Waals surface area contributed by atoms with E-state index in [1.54, 1.807) is 17.7 Å². The van der Waals surface area contributed by atoms with Gasteiger partial charge in [0.25, 0.3) is 0 Å². The van der Waals surface area contributed by atoms with E-state index in [-0.39, 0.29) is 5.91 Å². The Balaban J connectivity index is 1.58. The van der Waals surface area contributed by atoms with E-state index in [1.165, 1.54) is 28.6 Å².